The maximum atomic E-state index is 4.70. The van der Waals surface area contributed by atoms with Crippen molar-refractivity contribution in [2.75, 3.05) is 5.32 Å². The molecule has 0 bridgehead atoms. The van der Waals surface area contributed by atoms with Gasteiger partial charge in [-0.3, -0.25) is 9.97 Å². The molecule has 3 heterocycles. The molecule has 0 aliphatic heterocycles. The molecule has 0 fully saturated rings. The predicted octanol–water partition coefficient (Wildman–Crippen LogP) is 4.01. The zero-order valence-electron chi connectivity index (χ0n) is 13.8. The lowest BCUT2D eigenvalue weighted by Crippen LogP contribution is -2.07. The molecule has 0 amide bonds. The largest absolute Gasteiger partial charge is 0.364 e. The highest BCUT2D eigenvalue weighted by atomic mass is 15.0. The first-order valence-corrected chi connectivity index (χ1v) is 8.14. The van der Waals surface area contributed by atoms with Gasteiger partial charge in [0.05, 0.1) is 17.8 Å². The maximum absolute atomic E-state index is 4.70. The molecule has 0 unspecified atom stereocenters. The molecule has 0 atom stereocenters. The zero-order valence-corrected chi connectivity index (χ0v) is 13.8. The molecule has 1 N–H and O–H groups in total. The Morgan fingerprint density at radius 2 is 1.68 bits per heavy atom. The summed E-state index contributed by atoms with van der Waals surface area (Å²) in [4.78, 5) is 18.2. The van der Waals surface area contributed by atoms with E-state index in [4.69, 9.17) is 4.98 Å². The van der Waals surface area contributed by atoms with Crippen LogP contribution in [0.5, 0.6) is 0 Å². The fourth-order valence-electron chi connectivity index (χ4n) is 2.69. The van der Waals surface area contributed by atoms with Gasteiger partial charge in [-0.15, -0.1) is 0 Å². The van der Waals surface area contributed by atoms with Gasteiger partial charge in [0.15, 0.2) is 5.82 Å². The molecule has 0 saturated carbocycles. The van der Waals surface area contributed by atoms with Gasteiger partial charge in [0, 0.05) is 17.8 Å². The maximum Gasteiger partial charge on any atom is 0.180 e. The monoisotopic (exact) mass is 327 g/mol. The minimum atomic E-state index is 0.606. The van der Waals surface area contributed by atoms with Crippen molar-refractivity contribution < 1.29 is 0 Å². The van der Waals surface area contributed by atoms with Crippen LogP contribution >= 0.6 is 0 Å². The van der Waals surface area contributed by atoms with E-state index in [0.717, 1.165) is 33.7 Å². The van der Waals surface area contributed by atoms with Gasteiger partial charge in [-0.25, -0.2) is 9.97 Å². The van der Waals surface area contributed by atoms with Crippen LogP contribution in [0.4, 0.5) is 5.82 Å². The molecule has 3 aromatic heterocycles. The first-order valence-electron chi connectivity index (χ1n) is 8.14. The van der Waals surface area contributed by atoms with Gasteiger partial charge in [-0.1, -0.05) is 24.3 Å². The number of pyridine rings is 2. The third kappa shape index (κ3) is 3.17. The molecule has 0 aliphatic carbocycles. The Labute approximate surface area is 145 Å². The fourth-order valence-corrected chi connectivity index (χ4v) is 2.69. The van der Waals surface area contributed by atoms with Crippen molar-refractivity contribution in [2.45, 2.75) is 13.5 Å². The minimum Gasteiger partial charge on any atom is -0.364 e. The summed E-state index contributed by atoms with van der Waals surface area (Å²) in [6.45, 7) is 2.66. The molecule has 5 nitrogen and oxygen atoms in total. The van der Waals surface area contributed by atoms with Crippen LogP contribution in [-0.2, 0) is 6.54 Å². The first-order chi connectivity index (χ1) is 12.3. The summed E-state index contributed by atoms with van der Waals surface area (Å²) < 4.78 is 0. The highest BCUT2D eigenvalue weighted by molar-refractivity contribution is 5.90. The van der Waals surface area contributed by atoms with Crippen LogP contribution in [0.2, 0.25) is 0 Å². The molecular formula is C20H17N5. The minimum absolute atomic E-state index is 0.606. The van der Waals surface area contributed by atoms with E-state index < -0.39 is 0 Å². The first kappa shape index (κ1) is 15.2. The lowest BCUT2D eigenvalue weighted by molar-refractivity contribution is 1.00. The summed E-state index contributed by atoms with van der Waals surface area (Å²) in [6.07, 6.45) is 3.56. The van der Waals surface area contributed by atoms with Gasteiger partial charge in [0.1, 0.15) is 11.5 Å². The molecule has 4 aromatic rings. The van der Waals surface area contributed by atoms with Gasteiger partial charge in [-0.05, 0) is 42.8 Å². The van der Waals surface area contributed by atoms with Gasteiger partial charge < -0.3 is 5.32 Å². The van der Waals surface area contributed by atoms with Gasteiger partial charge in [-0.2, -0.15) is 0 Å². The number of fused-ring (bicyclic) bond motifs is 1. The van der Waals surface area contributed by atoms with E-state index >= 15 is 0 Å². The average Bonchev–Trinajstić information content (AvgIpc) is 2.67. The predicted molar refractivity (Wildman–Crippen MR) is 99.1 cm³/mol. The third-order valence-electron chi connectivity index (χ3n) is 4.04. The van der Waals surface area contributed by atoms with Crippen LogP contribution in [0, 0.1) is 6.92 Å². The summed E-state index contributed by atoms with van der Waals surface area (Å²) in [6, 6.07) is 17.7. The van der Waals surface area contributed by atoms with Crippen LogP contribution < -0.4 is 5.32 Å². The van der Waals surface area contributed by atoms with E-state index in [1.165, 1.54) is 0 Å². The topological polar surface area (TPSA) is 63.6 Å². The lowest BCUT2D eigenvalue weighted by Gasteiger charge is -2.11. The van der Waals surface area contributed by atoms with E-state index in [1.807, 2.05) is 48.5 Å². The van der Waals surface area contributed by atoms with Crippen LogP contribution in [0.3, 0.4) is 0 Å². The number of hydrogen-bond donors (Lipinski definition) is 1. The molecule has 0 spiro atoms. The highest BCUT2D eigenvalue weighted by Gasteiger charge is 2.10. The third-order valence-corrected chi connectivity index (χ3v) is 4.04. The van der Waals surface area contributed by atoms with Crippen LogP contribution in [0.1, 0.15) is 11.3 Å². The van der Waals surface area contributed by atoms with Gasteiger partial charge in [0.25, 0.3) is 0 Å². The second-order valence-corrected chi connectivity index (χ2v) is 5.75. The van der Waals surface area contributed by atoms with E-state index in [1.54, 1.807) is 12.4 Å². The smallest absolute Gasteiger partial charge is 0.180 e. The summed E-state index contributed by atoms with van der Waals surface area (Å²) in [5.74, 6) is 1.40. The molecule has 0 saturated heterocycles. The van der Waals surface area contributed by atoms with Gasteiger partial charge >= 0.3 is 0 Å². The van der Waals surface area contributed by atoms with E-state index in [0.29, 0.717) is 12.4 Å². The molecule has 1 aromatic carbocycles. The van der Waals surface area contributed by atoms with Crippen molar-refractivity contribution in [2.24, 2.45) is 0 Å². The number of anilines is 1. The van der Waals surface area contributed by atoms with Crippen molar-refractivity contribution in [3.8, 4) is 11.5 Å². The molecular weight excluding hydrogens is 310 g/mol. The standard InChI is InChI=1S/C20H17N5/c1-14-7-6-12-22-18(14)13-23-19-15-8-2-3-9-16(15)24-20(25-19)17-10-4-5-11-21-17/h2-12H,13H2,1H3,(H,23,24,25). The number of para-hydroxylation sites is 1. The van der Waals surface area contributed by atoms with Crippen LogP contribution in [0.15, 0.2) is 67.0 Å². The van der Waals surface area contributed by atoms with E-state index in [-0.39, 0.29) is 0 Å². The Morgan fingerprint density at radius 1 is 0.840 bits per heavy atom. The number of benzene rings is 1. The summed E-state index contributed by atoms with van der Waals surface area (Å²) in [5, 5.41) is 4.40. The SMILES string of the molecule is Cc1cccnc1CNc1nc(-c2ccccn2)nc2ccccc12. The average molecular weight is 327 g/mol. The molecule has 122 valence electrons. The lowest BCUT2D eigenvalue weighted by atomic mass is 10.2. The molecule has 4 rings (SSSR count). The van der Waals surface area contributed by atoms with Gasteiger partial charge in [0.2, 0.25) is 0 Å². The Balaban J connectivity index is 1.75. The second-order valence-electron chi connectivity index (χ2n) is 5.75. The molecule has 25 heavy (non-hydrogen) atoms. The van der Waals surface area contributed by atoms with Crippen molar-refractivity contribution in [3.05, 3.63) is 78.2 Å². The zero-order chi connectivity index (χ0) is 17.1. The number of aromatic nitrogens is 4. The Hall–Kier alpha value is -3.34. The number of hydrogen-bond acceptors (Lipinski definition) is 5. The second kappa shape index (κ2) is 6.65. The highest BCUT2D eigenvalue weighted by Crippen LogP contribution is 2.24. The van der Waals surface area contributed by atoms with Crippen LogP contribution in [-0.4, -0.2) is 19.9 Å². The Kier molecular flexibility index (Phi) is 4.04. The van der Waals surface area contributed by atoms with Crippen LogP contribution in [0.25, 0.3) is 22.4 Å². The Morgan fingerprint density at radius 3 is 2.52 bits per heavy atom. The normalized spacial score (nSPS) is 10.8. The summed E-state index contributed by atoms with van der Waals surface area (Å²) >= 11 is 0. The van der Waals surface area contributed by atoms with E-state index in [2.05, 4.69) is 33.3 Å². The quantitative estimate of drug-likeness (QED) is 0.613. The van der Waals surface area contributed by atoms with Crippen molar-refractivity contribution in [1.82, 2.24) is 19.9 Å². The Bertz CT molecular complexity index is 1010. The number of nitrogens with one attached hydrogen (secondary N) is 1. The van der Waals surface area contributed by atoms with E-state index in [9.17, 15) is 0 Å². The molecule has 0 aliphatic rings. The number of aryl methyl sites for hydroxylation is 1. The number of nitrogens with zero attached hydrogens (tertiary/aromatic N) is 4. The fraction of sp³-hybridized carbons (Fsp3) is 0.100. The molecule has 0 radical (unpaired) electrons. The van der Waals surface area contributed by atoms with Crippen molar-refractivity contribution in [3.63, 3.8) is 0 Å². The van der Waals surface area contributed by atoms with Crippen molar-refractivity contribution >= 4 is 16.7 Å². The van der Waals surface area contributed by atoms with Crippen molar-refractivity contribution in [1.29, 1.82) is 0 Å². The number of rotatable bonds is 4. The molecule has 5 heteroatoms. The summed E-state index contributed by atoms with van der Waals surface area (Å²) in [7, 11) is 0. The summed E-state index contributed by atoms with van der Waals surface area (Å²) in [5.41, 5.74) is 3.80.